The maximum Gasteiger partial charge on any atom is 0.336 e. The second-order valence-electron chi connectivity index (χ2n) is 3.91. The third kappa shape index (κ3) is 3.35. The van der Waals surface area contributed by atoms with Crippen molar-refractivity contribution in [3.05, 3.63) is 47.8 Å². The molecule has 0 aliphatic rings. The zero-order valence-corrected chi connectivity index (χ0v) is 12.2. The standard InChI is InChI=1S/C14H13NO3.C2H6/c1-9-6-11(10-4-3-5-15-8-10)12(14(16)17)7-13(9)18-2;1-2/h3-8H,1-2H3,(H,16,17);1-2H3. The lowest BCUT2D eigenvalue weighted by atomic mass is 9.98. The average molecular weight is 273 g/mol. The number of hydrogen-bond donors (Lipinski definition) is 1. The first-order valence-corrected chi connectivity index (χ1v) is 6.46. The smallest absolute Gasteiger partial charge is 0.336 e. The summed E-state index contributed by atoms with van der Waals surface area (Å²) in [6.45, 7) is 5.88. The van der Waals surface area contributed by atoms with E-state index in [1.807, 2.05) is 26.8 Å². The van der Waals surface area contributed by atoms with Crippen LogP contribution in [0.15, 0.2) is 36.7 Å². The summed E-state index contributed by atoms with van der Waals surface area (Å²) in [6, 6.07) is 6.96. The van der Waals surface area contributed by atoms with Gasteiger partial charge in [-0.1, -0.05) is 19.9 Å². The first-order valence-electron chi connectivity index (χ1n) is 6.46. The number of ether oxygens (including phenoxy) is 1. The van der Waals surface area contributed by atoms with Crippen LogP contribution in [-0.2, 0) is 0 Å². The molecule has 0 aliphatic carbocycles. The summed E-state index contributed by atoms with van der Waals surface area (Å²) < 4.78 is 5.15. The summed E-state index contributed by atoms with van der Waals surface area (Å²) in [6.07, 6.45) is 3.30. The molecule has 0 unspecified atom stereocenters. The molecular formula is C16H19NO3. The Bertz CT molecular complexity index is 580. The Morgan fingerprint density at radius 2 is 2.00 bits per heavy atom. The van der Waals surface area contributed by atoms with Crippen LogP contribution in [0.5, 0.6) is 5.75 Å². The molecule has 106 valence electrons. The Labute approximate surface area is 119 Å². The third-order valence-corrected chi connectivity index (χ3v) is 2.74. The van der Waals surface area contributed by atoms with Crippen molar-refractivity contribution in [2.75, 3.05) is 7.11 Å². The van der Waals surface area contributed by atoms with Crippen molar-refractivity contribution in [3.8, 4) is 16.9 Å². The number of pyridine rings is 1. The average Bonchev–Trinajstić information content (AvgIpc) is 2.49. The van der Waals surface area contributed by atoms with Crippen LogP contribution < -0.4 is 4.74 Å². The van der Waals surface area contributed by atoms with Crippen molar-refractivity contribution >= 4 is 5.97 Å². The SMILES string of the molecule is CC.COc1cc(C(=O)O)c(-c2cccnc2)cc1C. The summed E-state index contributed by atoms with van der Waals surface area (Å²) in [5.41, 5.74) is 2.53. The number of rotatable bonds is 3. The Morgan fingerprint density at radius 3 is 2.50 bits per heavy atom. The summed E-state index contributed by atoms with van der Waals surface area (Å²) in [5.74, 6) is -0.410. The van der Waals surface area contributed by atoms with Crippen LogP contribution in [0.3, 0.4) is 0 Å². The van der Waals surface area contributed by atoms with Gasteiger partial charge in [0, 0.05) is 18.0 Å². The van der Waals surface area contributed by atoms with Crippen molar-refractivity contribution in [1.29, 1.82) is 0 Å². The zero-order valence-electron chi connectivity index (χ0n) is 12.2. The molecule has 2 aromatic rings. The predicted octanol–water partition coefficient (Wildman–Crippen LogP) is 3.79. The molecule has 0 atom stereocenters. The van der Waals surface area contributed by atoms with Gasteiger partial charge < -0.3 is 9.84 Å². The highest BCUT2D eigenvalue weighted by molar-refractivity contribution is 5.96. The van der Waals surface area contributed by atoms with E-state index in [0.717, 1.165) is 11.1 Å². The molecular weight excluding hydrogens is 254 g/mol. The molecule has 1 N–H and O–H groups in total. The molecule has 20 heavy (non-hydrogen) atoms. The van der Waals surface area contributed by atoms with E-state index >= 15 is 0 Å². The van der Waals surface area contributed by atoms with Gasteiger partial charge in [0.15, 0.2) is 0 Å². The lowest BCUT2D eigenvalue weighted by Gasteiger charge is -2.11. The monoisotopic (exact) mass is 273 g/mol. The van der Waals surface area contributed by atoms with Crippen molar-refractivity contribution < 1.29 is 14.6 Å². The van der Waals surface area contributed by atoms with Crippen molar-refractivity contribution in [2.24, 2.45) is 0 Å². The van der Waals surface area contributed by atoms with E-state index in [9.17, 15) is 9.90 Å². The number of hydrogen-bond acceptors (Lipinski definition) is 3. The van der Waals surface area contributed by atoms with Crippen LogP contribution in [0.4, 0.5) is 0 Å². The number of carboxylic acid groups (broad SMARTS) is 1. The second-order valence-corrected chi connectivity index (χ2v) is 3.91. The Morgan fingerprint density at radius 1 is 1.30 bits per heavy atom. The normalized spacial score (nSPS) is 9.40. The first-order chi connectivity index (χ1) is 9.63. The molecule has 0 spiro atoms. The van der Waals surface area contributed by atoms with E-state index < -0.39 is 5.97 Å². The summed E-state index contributed by atoms with van der Waals surface area (Å²) in [5, 5.41) is 9.26. The Hall–Kier alpha value is -2.36. The summed E-state index contributed by atoms with van der Waals surface area (Å²) >= 11 is 0. The molecule has 2 rings (SSSR count). The number of aromatic nitrogens is 1. The minimum absolute atomic E-state index is 0.213. The van der Waals surface area contributed by atoms with Gasteiger partial charge in [-0.15, -0.1) is 0 Å². The summed E-state index contributed by atoms with van der Waals surface area (Å²) in [7, 11) is 1.53. The topological polar surface area (TPSA) is 59.4 Å². The molecule has 1 aromatic heterocycles. The van der Waals surface area contributed by atoms with Gasteiger partial charge in [-0.3, -0.25) is 4.98 Å². The van der Waals surface area contributed by atoms with E-state index in [0.29, 0.717) is 11.3 Å². The molecule has 0 saturated heterocycles. The van der Waals surface area contributed by atoms with E-state index in [4.69, 9.17) is 4.74 Å². The Balaban J connectivity index is 0.000000956. The highest BCUT2D eigenvalue weighted by atomic mass is 16.5. The van der Waals surface area contributed by atoms with E-state index in [2.05, 4.69) is 4.98 Å². The highest BCUT2D eigenvalue weighted by Crippen LogP contribution is 2.30. The van der Waals surface area contributed by atoms with Crippen LogP contribution >= 0.6 is 0 Å². The Kier molecular flexibility index (Phi) is 5.72. The van der Waals surface area contributed by atoms with Crippen LogP contribution in [0.2, 0.25) is 0 Å². The van der Waals surface area contributed by atoms with Gasteiger partial charge in [-0.2, -0.15) is 0 Å². The van der Waals surface area contributed by atoms with Gasteiger partial charge >= 0.3 is 5.97 Å². The molecule has 4 heteroatoms. The van der Waals surface area contributed by atoms with Crippen LogP contribution in [0.25, 0.3) is 11.1 Å². The van der Waals surface area contributed by atoms with Gasteiger partial charge in [0.1, 0.15) is 5.75 Å². The second kappa shape index (κ2) is 7.28. The van der Waals surface area contributed by atoms with E-state index in [-0.39, 0.29) is 5.56 Å². The van der Waals surface area contributed by atoms with Crippen molar-refractivity contribution in [3.63, 3.8) is 0 Å². The fourth-order valence-corrected chi connectivity index (χ4v) is 1.85. The predicted molar refractivity (Wildman–Crippen MR) is 79.3 cm³/mol. The lowest BCUT2D eigenvalue weighted by molar-refractivity contribution is 0.0697. The number of carbonyl (C=O) groups is 1. The molecule has 0 fully saturated rings. The minimum atomic E-state index is -0.979. The molecule has 4 nitrogen and oxygen atoms in total. The lowest BCUT2D eigenvalue weighted by Crippen LogP contribution is -2.02. The number of nitrogens with zero attached hydrogens (tertiary/aromatic N) is 1. The first kappa shape index (κ1) is 15.7. The molecule has 0 radical (unpaired) electrons. The molecule has 0 aliphatic heterocycles. The largest absolute Gasteiger partial charge is 0.496 e. The minimum Gasteiger partial charge on any atom is -0.496 e. The third-order valence-electron chi connectivity index (χ3n) is 2.74. The number of carboxylic acids is 1. The number of aryl methyl sites for hydroxylation is 1. The van der Waals surface area contributed by atoms with E-state index in [1.165, 1.54) is 7.11 Å². The van der Waals surface area contributed by atoms with Crippen LogP contribution in [0, 0.1) is 6.92 Å². The molecule has 1 aromatic carbocycles. The van der Waals surface area contributed by atoms with Gasteiger partial charge in [0.25, 0.3) is 0 Å². The van der Waals surface area contributed by atoms with Crippen LogP contribution in [-0.4, -0.2) is 23.2 Å². The maximum atomic E-state index is 11.3. The van der Waals surface area contributed by atoms with E-state index in [1.54, 1.807) is 30.6 Å². The fourth-order valence-electron chi connectivity index (χ4n) is 1.85. The quantitative estimate of drug-likeness (QED) is 0.924. The fraction of sp³-hybridized carbons (Fsp3) is 0.250. The van der Waals surface area contributed by atoms with Gasteiger partial charge in [0.2, 0.25) is 0 Å². The number of aromatic carboxylic acids is 1. The number of methoxy groups -OCH3 is 1. The van der Waals surface area contributed by atoms with Gasteiger partial charge in [0.05, 0.1) is 12.7 Å². The zero-order chi connectivity index (χ0) is 15.1. The van der Waals surface area contributed by atoms with Crippen molar-refractivity contribution in [1.82, 2.24) is 4.98 Å². The maximum absolute atomic E-state index is 11.3. The summed E-state index contributed by atoms with van der Waals surface area (Å²) in [4.78, 5) is 15.3. The van der Waals surface area contributed by atoms with Crippen LogP contribution in [0.1, 0.15) is 29.8 Å². The van der Waals surface area contributed by atoms with Gasteiger partial charge in [-0.25, -0.2) is 4.79 Å². The molecule has 0 saturated carbocycles. The molecule has 1 heterocycles. The van der Waals surface area contributed by atoms with Gasteiger partial charge in [-0.05, 0) is 36.2 Å². The molecule has 0 bridgehead atoms. The highest BCUT2D eigenvalue weighted by Gasteiger charge is 2.15. The van der Waals surface area contributed by atoms with Crippen molar-refractivity contribution in [2.45, 2.75) is 20.8 Å². The molecule has 0 amide bonds. The number of benzene rings is 1.